The molecule has 0 radical (unpaired) electrons. The van der Waals surface area contributed by atoms with Crippen LogP contribution in [0.25, 0.3) is 0 Å². The van der Waals surface area contributed by atoms with E-state index < -0.39 is 21.4 Å². The lowest BCUT2D eigenvalue weighted by Gasteiger charge is -2.09. The average molecular weight is 382 g/mol. The van der Waals surface area contributed by atoms with E-state index in [2.05, 4.69) is 25.6 Å². The molecule has 1 aromatic carbocycles. The Morgan fingerprint density at radius 2 is 2.00 bits per heavy atom. The molecule has 2 N–H and O–H groups in total. The van der Waals surface area contributed by atoms with Crippen molar-refractivity contribution in [2.24, 2.45) is 0 Å². The maximum Gasteiger partial charge on any atom is 0.266 e. The molecular weight excluding hydrogens is 375 g/mol. The van der Waals surface area contributed by atoms with Crippen LogP contribution in [-0.4, -0.2) is 13.4 Å². The van der Waals surface area contributed by atoms with Crippen molar-refractivity contribution in [3.8, 4) is 0 Å². The Labute approximate surface area is 127 Å². The molecule has 20 heavy (non-hydrogen) atoms. The third kappa shape index (κ3) is 3.20. The van der Waals surface area contributed by atoms with Gasteiger partial charge >= 0.3 is 0 Å². The fourth-order valence-electron chi connectivity index (χ4n) is 1.37. The molecule has 0 aliphatic rings. The van der Waals surface area contributed by atoms with E-state index in [1.165, 1.54) is 6.07 Å². The molecule has 0 unspecified atom stereocenters. The molecule has 0 amide bonds. The second-order valence-corrected chi connectivity index (χ2v) is 6.69. The fraction of sp³-hybridized carbons (Fsp3) is 0. The highest BCUT2D eigenvalue weighted by atomic mass is 79.9. The van der Waals surface area contributed by atoms with Gasteiger partial charge in [-0.15, -0.1) is 0 Å². The fourth-order valence-corrected chi connectivity index (χ4v) is 3.26. The minimum Gasteiger partial charge on any atom is -0.326 e. The first-order chi connectivity index (χ1) is 9.29. The van der Waals surface area contributed by atoms with E-state index in [4.69, 9.17) is 11.6 Å². The third-order valence-electron chi connectivity index (χ3n) is 2.32. The molecule has 0 atom stereocenters. The summed E-state index contributed by atoms with van der Waals surface area (Å²) in [6, 6.07) is 4.53. The zero-order chi connectivity index (χ0) is 14.9. The number of hydrogen-bond acceptors (Lipinski definition) is 3. The summed E-state index contributed by atoms with van der Waals surface area (Å²) in [5.74, 6) is -0.507. The first-order valence-electron chi connectivity index (χ1n) is 5.16. The molecule has 0 aliphatic heterocycles. The molecule has 0 saturated heterocycles. The summed E-state index contributed by atoms with van der Waals surface area (Å²) in [6.07, 6.45) is 1.02. The quantitative estimate of drug-likeness (QED) is 0.858. The Balaban J connectivity index is 2.40. The molecule has 5 nitrogen and oxygen atoms in total. The van der Waals surface area contributed by atoms with Crippen molar-refractivity contribution in [2.75, 3.05) is 4.72 Å². The van der Waals surface area contributed by atoms with Gasteiger partial charge < -0.3 is 4.98 Å². The van der Waals surface area contributed by atoms with Crippen molar-refractivity contribution in [3.63, 3.8) is 0 Å². The van der Waals surface area contributed by atoms with Gasteiger partial charge in [0.05, 0.1) is 5.69 Å². The smallest absolute Gasteiger partial charge is 0.266 e. The predicted octanol–water partition coefficient (Wildman–Crippen LogP) is 2.73. The zero-order valence-electron chi connectivity index (χ0n) is 9.65. The van der Waals surface area contributed by atoms with Crippen LogP contribution in [0.5, 0.6) is 0 Å². The van der Waals surface area contributed by atoms with E-state index >= 15 is 0 Å². The number of anilines is 1. The van der Waals surface area contributed by atoms with Gasteiger partial charge in [0, 0.05) is 10.7 Å². The number of halogens is 3. The van der Waals surface area contributed by atoms with E-state index in [1.807, 2.05) is 0 Å². The van der Waals surface area contributed by atoms with Crippen LogP contribution in [-0.2, 0) is 10.0 Å². The summed E-state index contributed by atoms with van der Waals surface area (Å²) in [4.78, 5) is 13.1. The van der Waals surface area contributed by atoms with Crippen molar-refractivity contribution in [2.45, 2.75) is 4.90 Å². The molecule has 106 valence electrons. The molecule has 9 heteroatoms. The maximum atomic E-state index is 12.9. The Bertz CT molecular complexity index is 823. The molecular formula is C11H7BrClFN2O3S. The summed E-state index contributed by atoms with van der Waals surface area (Å²) < 4.78 is 39.6. The Morgan fingerprint density at radius 1 is 1.30 bits per heavy atom. The average Bonchev–Trinajstić information content (AvgIpc) is 2.36. The topological polar surface area (TPSA) is 79.0 Å². The van der Waals surface area contributed by atoms with Gasteiger partial charge in [0.15, 0.2) is 0 Å². The van der Waals surface area contributed by atoms with Gasteiger partial charge in [-0.05, 0) is 40.2 Å². The Hall–Kier alpha value is -1.38. The number of sulfonamides is 1. The van der Waals surface area contributed by atoms with Crippen molar-refractivity contribution in [3.05, 3.63) is 56.1 Å². The van der Waals surface area contributed by atoms with Gasteiger partial charge in [0.1, 0.15) is 15.7 Å². The van der Waals surface area contributed by atoms with E-state index in [9.17, 15) is 17.6 Å². The molecule has 0 bridgehead atoms. The third-order valence-corrected chi connectivity index (χ3v) is 4.60. The Morgan fingerprint density at radius 3 is 2.60 bits per heavy atom. The van der Waals surface area contributed by atoms with Crippen molar-refractivity contribution in [1.29, 1.82) is 0 Å². The van der Waals surface area contributed by atoms with Crippen molar-refractivity contribution in [1.82, 2.24) is 4.98 Å². The van der Waals surface area contributed by atoms with Crippen LogP contribution >= 0.6 is 27.5 Å². The van der Waals surface area contributed by atoms with Gasteiger partial charge in [-0.1, -0.05) is 11.6 Å². The summed E-state index contributed by atoms with van der Waals surface area (Å²) in [5.41, 5.74) is -0.428. The highest BCUT2D eigenvalue weighted by Crippen LogP contribution is 2.25. The highest BCUT2D eigenvalue weighted by molar-refractivity contribution is 9.10. The van der Waals surface area contributed by atoms with Crippen LogP contribution in [0.3, 0.4) is 0 Å². The molecule has 1 aromatic heterocycles. The molecule has 1 heterocycles. The molecule has 0 fully saturated rings. The number of nitrogens with one attached hydrogen (secondary N) is 2. The van der Waals surface area contributed by atoms with E-state index in [0.29, 0.717) is 0 Å². The molecule has 2 aromatic rings. The molecule has 2 rings (SSSR count). The second kappa shape index (κ2) is 5.55. The van der Waals surface area contributed by atoms with E-state index in [0.717, 1.165) is 24.4 Å². The lowest BCUT2D eigenvalue weighted by atomic mass is 10.3. The summed E-state index contributed by atoms with van der Waals surface area (Å²) >= 11 is 8.63. The van der Waals surface area contributed by atoms with Gasteiger partial charge in [0.2, 0.25) is 0 Å². The summed E-state index contributed by atoms with van der Waals surface area (Å²) in [7, 11) is -3.94. The SMILES string of the molecule is O=c1[nH]cc(S(=O)(=O)Nc2ccc(F)cc2Br)cc1Cl. The van der Waals surface area contributed by atoms with Crippen LogP contribution in [0.1, 0.15) is 0 Å². The number of benzene rings is 1. The molecule has 0 spiro atoms. The van der Waals surface area contributed by atoms with Crippen LogP contribution in [0.15, 0.2) is 44.6 Å². The monoisotopic (exact) mass is 380 g/mol. The first-order valence-corrected chi connectivity index (χ1v) is 7.81. The van der Waals surface area contributed by atoms with Crippen molar-refractivity contribution >= 4 is 43.2 Å². The number of hydrogen-bond donors (Lipinski definition) is 2. The van der Waals surface area contributed by atoms with Crippen LogP contribution in [0.2, 0.25) is 5.02 Å². The summed E-state index contributed by atoms with van der Waals surface area (Å²) in [5, 5.41) is -0.244. The summed E-state index contributed by atoms with van der Waals surface area (Å²) in [6.45, 7) is 0. The normalized spacial score (nSPS) is 11.3. The minimum atomic E-state index is -3.94. The maximum absolute atomic E-state index is 12.9. The number of aromatic nitrogens is 1. The van der Waals surface area contributed by atoms with Gasteiger partial charge in [-0.2, -0.15) is 0 Å². The first kappa shape index (κ1) is 15.0. The lowest BCUT2D eigenvalue weighted by molar-refractivity contribution is 0.600. The predicted molar refractivity (Wildman–Crippen MR) is 77.0 cm³/mol. The lowest BCUT2D eigenvalue weighted by Crippen LogP contribution is -2.16. The van der Waals surface area contributed by atoms with E-state index in [-0.39, 0.29) is 20.1 Å². The van der Waals surface area contributed by atoms with Gasteiger partial charge in [-0.25, -0.2) is 12.8 Å². The van der Waals surface area contributed by atoms with Gasteiger partial charge in [-0.3, -0.25) is 9.52 Å². The molecule has 0 aliphatic carbocycles. The van der Waals surface area contributed by atoms with Gasteiger partial charge in [0.25, 0.3) is 15.6 Å². The van der Waals surface area contributed by atoms with E-state index in [1.54, 1.807) is 0 Å². The second-order valence-electron chi connectivity index (χ2n) is 3.74. The molecule has 0 saturated carbocycles. The van der Waals surface area contributed by atoms with Crippen molar-refractivity contribution < 1.29 is 12.8 Å². The zero-order valence-corrected chi connectivity index (χ0v) is 12.8. The number of H-pyrrole nitrogens is 1. The standard InChI is InChI=1S/C11H7BrClFN2O3S/c12-8-3-6(14)1-2-10(8)16-20(18,19)7-4-9(13)11(17)15-5-7/h1-5,16H,(H,15,17). The Kier molecular flexibility index (Phi) is 4.17. The number of rotatable bonds is 3. The number of pyridine rings is 1. The highest BCUT2D eigenvalue weighted by Gasteiger charge is 2.17. The van der Waals surface area contributed by atoms with Crippen LogP contribution in [0.4, 0.5) is 10.1 Å². The largest absolute Gasteiger partial charge is 0.326 e. The number of aromatic amines is 1. The van der Waals surface area contributed by atoms with Crippen LogP contribution < -0.4 is 10.3 Å². The van der Waals surface area contributed by atoms with Crippen LogP contribution in [0, 0.1) is 5.82 Å². The minimum absolute atomic E-state index is 0.161.